The Morgan fingerprint density at radius 1 is 1.60 bits per heavy atom. The molecule has 2 radical (unpaired) electrons. The average molecular weight is 74.1 g/mol. The van der Waals surface area contributed by atoms with Crippen LogP contribution >= 0.6 is 0 Å². The van der Waals surface area contributed by atoms with Gasteiger partial charge in [-0.25, -0.2) is 4.39 Å². The van der Waals surface area contributed by atoms with Gasteiger partial charge in [0.2, 0.25) is 0 Å². The number of hydrogen-bond donors (Lipinski definition) is 0. The van der Waals surface area contributed by atoms with E-state index >= 15 is 0 Å². The highest BCUT2D eigenvalue weighted by atomic mass is 19.1. The molecule has 0 aromatic carbocycles. The summed E-state index contributed by atoms with van der Waals surface area (Å²) < 4.78 is 11.5. The molecule has 0 spiro atoms. The Balaban J connectivity index is 3.02. The van der Waals surface area contributed by atoms with E-state index < -0.39 is 5.67 Å². The Labute approximate surface area is 32.0 Å². The predicted molar refractivity (Wildman–Crippen MR) is 20.2 cm³/mol. The second kappa shape index (κ2) is 0.959. The first-order valence-corrected chi connectivity index (χ1v) is 1.40. The Morgan fingerprint density at radius 3 is 1.60 bits per heavy atom. The van der Waals surface area contributed by atoms with E-state index in [2.05, 4.69) is 13.8 Å². The minimum atomic E-state index is -1.50. The van der Waals surface area contributed by atoms with Crippen LogP contribution in [0.1, 0.15) is 6.92 Å². The molecular formula is C4H7F. The van der Waals surface area contributed by atoms with Crippen LogP contribution in [0.25, 0.3) is 0 Å². The smallest absolute Gasteiger partial charge is 0.108 e. The first-order valence-electron chi connectivity index (χ1n) is 1.40. The summed E-state index contributed by atoms with van der Waals surface area (Å²) in [5.41, 5.74) is -1.50. The van der Waals surface area contributed by atoms with Crippen molar-refractivity contribution in [3.63, 3.8) is 0 Å². The molecule has 0 amide bonds. The summed E-state index contributed by atoms with van der Waals surface area (Å²) in [4.78, 5) is 0. The second-order valence-electron chi connectivity index (χ2n) is 1.41. The molecule has 0 rings (SSSR count). The van der Waals surface area contributed by atoms with E-state index in [1.165, 1.54) is 6.92 Å². The third-order valence-electron chi connectivity index (χ3n) is 0. The van der Waals surface area contributed by atoms with E-state index in [-0.39, 0.29) is 0 Å². The van der Waals surface area contributed by atoms with Crippen LogP contribution in [0.4, 0.5) is 4.39 Å². The summed E-state index contributed by atoms with van der Waals surface area (Å²) in [7, 11) is 0. The Bertz CT molecular complexity index is 19.1. The number of alkyl halides is 1. The van der Waals surface area contributed by atoms with Crippen molar-refractivity contribution < 1.29 is 4.39 Å². The largest absolute Gasteiger partial charge is 0.244 e. The van der Waals surface area contributed by atoms with Crippen LogP contribution in [0.15, 0.2) is 0 Å². The van der Waals surface area contributed by atoms with Crippen LogP contribution in [-0.4, -0.2) is 5.67 Å². The highest BCUT2D eigenvalue weighted by Gasteiger charge is 2.02. The van der Waals surface area contributed by atoms with Crippen molar-refractivity contribution in [3.05, 3.63) is 13.8 Å². The van der Waals surface area contributed by atoms with E-state index in [9.17, 15) is 4.39 Å². The van der Waals surface area contributed by atoms with E-state index in [0.717, 1.165) is 0 Å². The minimum absolute atomic E-state index is 1.30. The van der Waals surface area contributed by atoms with Crippen LogP contribution in [0.5, 0.6) is 0 Å². The number of halogens is 1. The van der Waals surface area contributed by atoms with Gasteiger partial charge in [0.1, 0.15) is 5.67 Å². The van der Waals surface area contributed by atoms with Gasteiger partial charge in [0.05, 0.1) is 0 Å². The van der Waals surface area contributed by atoms with Gasteiger partial charge >= 0.3 is 0 Å². The molecule has 0 N–H and O–H groups in total. The lowest BCUT2D eigenvalue weighted by Gasteiger charge is -1.99. The van der Waals surface area contributed by atoms with Gasteiger partial charge in [-0.05, 0) is 20.8 Å². The van der Waals surface area contributed by atoms with Crippen LogP contribution in [0, 0.1) is 13.8 Å². The molecule has 0 fully saturated rings. The third-order valence-corrected chi connectivity index (χ3v) is 0. The maximum atomic E-state index is 11.5. The molecule has 0 aliphatic heterocycles. The fraction of sp³-hybridized carbons (Fsp3) is 0.500. The quantitative estimate of drug-likeness (QED) is 0.407. The summed E-state index contributed by atoms with van der Waals surface area (Å²) >= 11 is 0. The number of rotatable bonds is 0. The van der Waals surface area contributed by atoms with Crippen molar-refractivity contribution in [2.24, 2.45) is 0 Å². The average Bonchev–Trinajstić information content (AvgIpc) is 0.722. The van der Waals surface area contributed by atoms with Gasteiger partial charge in [0, 0.05) is 0 Å². The lowest BCUT2D eigenvalue weighted by molar-refractivity contribution is 0.321. The lowest BCUT2D eigenvalue weighted by atomic mass is 10.2. The SMILES string of the molecule is [CH2]C([CH2])(C)F. The maximum absolute atomic E-state index is 11.5. The van der Waals surface area contributed by atoms with Crippen molar-refractivity contribution in [1.29, 1.82) is 0 Å². The zero-order valence-electron chi connectivity index (χ0n) is 3.29. The van der Waals surface area contributed by atoms with Crippen molar-refractivity contribution in [1.82, 2.24) is 0 Å². The molecule has 30 valence electrons. The molecule has 0 saturated carbocycles. The van der Waals surface area contributed by atoms with Crippen molar-refractivity contribution in [2.75, 3.05) is 0 Å². The van der Waals surface area contributed by atoms with E-state index in [0.29, 0.717) is 0 Å². The van der Waals surface area contributed by atoms with Gasteiger partial charge in [-0.1, -0.05) is 0 Å². The molecule has 0 aromatic rings. The van der Waals surface area contributed by atoms with Crippen LogP contribution in [0.3, 0.4) is 0 Å². The summed E-state index contributed by atoms with van der Waals surface area (Å²) in [6.07, 6.45) is 0. The molecule has 0 aromatic heterocycles. The molecular weight excluding hydrogens is 67.0 g/mol. The molecule has 1 heteroatoms. The van der Waals surface area contributed by atoms with E-state index in [4.69, 9.17) is 0 Å². The molecule has 0 saturated heterocycles. The summed E-state index contributed by atoms with van der Waals surface area (Å²) in [5, 5.41) is 0. The number of hydrogen-bond acceptors (Lipinski definition) is 0. The molecule has 0 unspecified atom stereocenters. The Kier molecular flexibility index (Phi) is 0.946. The normalized spacial score (nSPS) is 12.0. The standard InChI is InChI=1S/C4H7F/c1-4(2,3)5/h1-2H2,3H3. The predicted octanol–water partition coefficient (Wildman–Crippen LogP) is 1.38. The molecule has 0 bridgehead atoms. The van der Waals surface area contributed by atoms with Gasteiger partial charge in [0.25, 0.3) is 0 Å². The molecule has 0 atom stereocenters. The van der Waals surface area contributed by atoms with E-state index in [1.807, 2.05) is 0 Å². The zero-order chi connectivity index (χ0) is 4.50. The first-order chi connectivity index (χ1) is 2.00. The first kappa shape index (κ1) is 4.93. The highest BCUT2D eigenvalue weighted by molar-refractivity contribution is 4.76. The topological polar surface area (TPSA) is 0 Å². The third kappa shape index (κ3) is 2990. The Hall–Kier alpha value is -0.0700. The highest BCUT2D eigenvalue weighted by Crippen LogP contribution is 2.01. The maximum Gasteiger partial charge on any atom is 0.108 e. The van der Waals surface area contributed by atoms with Gasteiger partial charge in [-0.3, -0.25) is 0 Å². The molecule has 0 nitrogen and oxygen atoms in total. The monoisotopic (exact) mass is 74.1 g/mol. The second-order valence-corrected chi connectivity index (χ2v) is 1.41. The van der Waals surface area contributed by atoms with Gasteiger partial charge in [-0.2, -0.15) is 0 Å². The molecule has 0 aliphatic rings. The summed E-state index contributed by atoms with van der Waals surface area (Å²) in [5.74, 6) is 0. The summed E-state index contributed by atoms with van der Waals surface area (Å²) in [6.45, 7) is 7.28. The molecule has 0 heterocycles. The van der Waals surface area contributed by atoms with Crippen LogP contribution in [0.2, 0.25) is 0 Å². The minimum Gasteiger partial charge on any atom is -0.244 e. The van der Waals surface area contributed by atoms with Gasteiger partial charge < -0.3 is 0 Å². The van der Waals surface area contributed by atoms with Crippen molar-refractivity contribution >= 4 is 0 Å². The summed E-state index contributed by atoms with van der Waals surface area (Å²) in [6, 6.07) is 0. The lowest BCUT2D eigenvalue weighted by Crippen LogP contribution is -2.02. The van der Waals surface area contributed by atoms with Crippen LogP contribution in [-0.2, 0) is 0 Å². The fourth-order valence-electron chi connectivity index (χ4n) is 0. The van der Waals surface area contributed by atoms with Gasteiger partial charge in [0.15, 0.2) is 0 Å². The molecule has 5 heavy (non-hydrogen) atoms. The van der Waals surface area contributed by atoms with Crippen molar-refractivity contribution in [3.8, 4) is 0 Å². The zero-order valence-corrected chi connectivity index (χ0v) is 3.29. The fourth-order valence-corrected chi connectivity index (χ4v) is 0. The van der Waals surface area contributed by atoms with Crippen molar-refractivity contribution in [2.45, 2.75) is 12.6 Å². The Morgan fingerprint density at radius 2 is 1.60 bits per heavy atom. The van der Waals surface area contributed by atoms with Crippen LogP contribution < -0.4 is 0 Å². The van der Waals surface area contributed by atoms with Gasteiger partial charge in [-0.15, -0.1) is 0 Å². The van der Waals surface area contributed by atoms with E-state index in [1.54, 1.807) is 0 Å². The molecule has 0 aliphatic carbocycles.